The Hall–Kier alpha value is -0.120. The van der Waals surface area contributed by atoms with E-state index < -0.39 is 0 Å². The van der Waals surface area contributed by atoms with E-state index in [0.29, 0.717) is 11.6 Å². The molecule has 0 aromatic carbocycles. The summed E-state index contributed by atoms with van der Waals surface area (Å²) in [5.74, 6) is 0. The number of hydrogen-bond donors (Lipinski definition) is 2. The molecule has 0 aromatic rings. The summed E-state index contributed by atoms with van der Waals surface area (Å²) in [4.78, 5) is 2.57. The average Bonchev–Trinajstić information content (AvgIpc) is 2.54. The Labute approximate surface area is 80.9 Å². The standard InChI is InChI=1S/C10H21N3/c1-9(2)13-5-3-10(4-6-13)7-11-8-12-10/h9,11-12H,3-8H2,1-2H3. The summed E-state index contributed by atoms with van der Waals surface area (Å²) < 4.78 is 0. The van der Waals surface area contributed by atoms with E-state index in [2.05, 4.69) is 29.4 Å². The van der Waals surface area contributed by atoms with Crippen molar-refractivity contribution in [3.63, 3.8) is 0 Å². The lowest BCUT2D eigenvalue weighted by molar-refractivity contribution is 0.127. The van der Waals surface area contributed by atoms with Crippen molar-refractivity contribution in [1.82, 2.24) is 15.5 Å². The van der Waals surface area contributed by atoms with Crippen LogP contribution >= 0.6 is 0 Å². The Bertz CT molecular complexity index is 163. The molecule has 2 aliphatic heterocycles. The molecule has 0 aliphatic carbocycles. The number of piperidine rings is 1. The molecule has 76 valence electrons. The predicted molar refractivity (Wildman–Crippen MR) is 54.7 cm³/mol. The zero-order valence-corrected chi connectivity index (χ0v) is 8.77. The molecular formula is C10H21N3. The smallest absolute Gasteiger partial charge is 0.0459 e. The van der Waals surface area contributed by atoms with Crippen LogP contribution in [0.2, 0.25) is 0 Å². The molecule has 2 rings (SSSR count). The number of likely N-dealkylation sites (tertiary alicyclic amines) is 1. The van der Waals surface area contributed by atoms with Gasteiger partial charge in [0.25, 0.3) is 0 Å². The van der Waals surface area contributed by atoms with Gasteiger partial charge >= 0.3 is 0 Å². The molecule has 0 radical (unpaired) electrons. The Morgan fingerprint density at radius 2 is 1.92 bits per heavy atom. The number of nitrogens with zero attached hydrogens (tertiary/aromatic N) is 1. The first-order valence-corrected chi connectivity index (χ1v) is 5.42. The average molecular weight is 183 g/mol. The maximum absolute atomic E-state index is 3.59. The molecule has 0 atom stereocenters. The van der Waals surface area contributed by atoms with Crippen LogP contribution in [0.5, 0.6) is 0 Å². The highest BCUT2D eigenvalue weighted by Gasteiger charge is 2.36. The van der Waals surface area contributed by atoms with Gasteiger partial charge in [-0.3, -0.25) is 5.32 Å². The van der Waals surface area contributed by atoms with Gasteiger partial charge in [-0.05, 0) is 26.7 Å². The molecule has 2 aliphatic rings. The summed E-state index contributed by atoms with van der Waals surface area (Å²) in [6.07, 6.45) is 2.61. The second-order valence-electron chi connectivity index (χ2n) is 4.69. The highest BCUT2D eigenvalue weighted by molar-refractivity contribution is 4.98. The van der Waals surface area contributed by atoms with Crippen molar-refractivity contribution >= 4 is 0 Å². The molecule has 0 bridgehead atoms. The van der Waals surface area contributed by atoms with Crippen molar-refractivity contribution in [2.24, 2.45) is 0 Å². The van der Waals surface area contributed by atoms with Gasteiger partial charge in [0.05, 0.1) is 0 Å². The fourth-order valence-corrected chi connectivity index (χ4v) is 2.44. The minimum Gasteiger partial charge on any atom is -0.303 e. The van der Waals surface area contributed by atoms with Crippen LogP contribution in [0.1, 0.15) is 26.7 Å². The van der Waals surface area contributed by atoms with Crippen LogP contribution in [0.25, 0.3) is 0 Å². The zero-order chi connectivity index (χ0) is 9.31. The van der Waals surface area contributed by atoms with Crippen LogP contribution in [0, 0.1) is 0 Å². The van der Waals surface area contributed by atoms with E-state index in [1.54, 1.807) is 0 Å². The van der Waals surface area contributed by atoms with E-state index in [1.807, 2.05) is 0 Å². The summed E-state index contributed by atoms with van der Waals surface area (Å²) in [6.45, 7) is 9.26. The lowest BCUT2D eigenvalue weighted by Gasteiger charge is -2.40. The molecule has 0 unspecified atom stereocenters. The molecule has 0 saturated carbocycles. The minimum atomic E-state index is 0.436. The van der Waals surface area contributed by atoms with Crippen molar-refractivity contribution < 1.29 is 0 Å². The molecule has 1 spiro atoms. The number of rotatable bonds is 1. The quantitative estimate of drug-likeness (QED) is 0.615. The topological polar surface area (TPSA) is 27.3 Å². The molecule has 3 heteroatoms. The van der Waals surface area contributed by atoms with E-state index in [4.69, 9.17) is 0 Å². The summed E-state index contributed by atoms with van der Waals surface area (Å²) in [5, 5.41) is 6.99. The van der Waals surface area contributed by atoms with Gasteiger partial charge in [0.1, 0.15) is 0 Å². The third-order valence-corrected chi connectivity index (χ3v) is 3.54. The molecule has 13 heavy (non-hydrogen) atoms. The number of nitrogens with one attached hydrogen (secondary N) is 2. The van der Waals surface area contributed by atoms with Crippen molar-refractivity contribution in [1.29, 1.82) is 0 Å². The maximum Gasteiger partial charge on any atom is 0.0459 e. The molecule has 2 N–H and O–H groups in total. The Morgan fingerprint density at radius 1 is 1.23 bits per heavy atom. The summed E-state index contributed by atoms with van der Waals surface area (Å²) >= 11 is 0. The van der Waals surface area contributed by atoms with Crippen LogP contribution < -0.4 is 10.6 Å². The largest absolute Gasteiger partial charge is 0.303 e. The molecule has 2 fully saturated rings. The molecule has 3 nitrogen and oxygen atoms in total. The van der Waals surface area contributed by atoms with E-state index >= 15 is 0 Å². The van der Waals surface area contributed by atoms with Gasteiger partial charge in [0.15, 0.2) is 0 Å². The summed E-state index contributed by atoms with van der Waals surface area (Å²) in [5.41, 5.74) is 0.436. The van der Waals surface area contributed by atoms with E-state index in [1.165, 1.54) is 32.5 Å². The van der Waals surface area contributed by atoms with E-state index in [9.17, 15) is 0 Å². The fourth-order valence-electron chi connectivity index (χ4n) is 2.44. The first-order valence-electron chi connectivity index (χ1n) is 5.42. The van der Waals surface area contributed by atoms with Gasteiger partial charge in [-0.2, -0.15) is 0 Å². The molecule has 0 amide bonds. The second kappa shape index (κ2) is 3.56. The minimum absolute atomic E-state index is 0.436. The van der Waals surface area contributed by atoms with Crippen molar-refractivity contribution in [2.75, 3.05) is 26.3 Å². The van der Waals surface area contributed by atoms with E-state index in [0.717, 1.165) is 6.67 Å². The molecule has 0 aromatic heterocycles. The second-order valence-corrected chi connectivity index (χ2v) is 4.69. The van der Waals surface area contributed by atoms with Gasteiger partial charge < -0.3 is 10.2 Å². The van der Waals surface area contributed by atoms with E-state index in [-0.39, 0.29) is 0 Å². The monoisotopic (exact) mass is 183 g/mol. The van der Waals surface area contributed by atoms with Crippen LogP contribution in [0.4, 0.5) is 0 Å². The maximum atomic E-state index is 3.59. The lowest BCUT2D eigenvalue weighted by Crippen LogP contribution is -2.53. The van der Waals surface area contributed by atoms with Crippen LogP contribution in [0.15, 0.2) is 0 Å². The Kier molecular flexibility index (Phi) is 2.58. The number of hydrogen-bond acceptors (Lipinski definition) is 3. The van der Waals surface area contributed by atoms with Gasteiger partial charge in [-0.15, -0.1) is 0 Å². The van der Waals surface area contributed by atoms with Crippen molar-refractivity contribution in [2.45, 2.75) is 38.3 Å². The first kappa shape index (κ1) is 9.44. The highest BCUT2D eigenvalue weighted by Crippen LogP contribution is 2.24. The van der Waals surface area contributed by atoms with Crippen LogP contribution in [-0.2, 0) is 0 Å². The van der Waals surface area contributed by atoms with Crippen molar-refractivity contribution in [3.8, 4) is 0 Å². The summed E-state index contributed by atoms with van der Waals surface area (Å²) in [7, 11) is 0. The van der Waals surface area contributed by atoms with Crippen LogP contribution in [0.3, 0.4) is 0 Å². The Morgan fingerprint density at radius 3 is 2.38 bits per heavy atom. The van der Waals surface area contributed by atoms with Gasteiger partial charge in [0, 0.05) is 37.9 Å². The highest BCUT2D eigenvalue weighted by atomic mass is 15.2. The van der Waals surface area contributed by atoms with Crippen molar-refractivity contribution in [3.05, 3.63) is 0 Å². The molecule has 2 heterocycles. The zero-order valence-electron chi connectivity index (χ0n) is 8.77. The van der Waals surface area contributed by atoms with Gasteiger partial charge in [-0.25, -0.2) is 0 Å². The van der Waals surface area contributed by atoms with Crippen LogP contribution in [-0.4, -0.2) is 42.8 Å². The predicted octanol–water partition coefficient (Wildman–Crippen LogP) is 0.380. The Balaban J connectivity index is 1.88. The third kappa shape index (κ3) is 1.87. The first-order chi connectivity index (χ1) is 6.22. The summed E-state index contributed by atoms with van der Waals surface area (Å²) in [6, 6.07) is 0.715. The van der Waals surface area contributed by atoms with Gasteiger partial charge in [-0.1, -0.05) is 0 Å². The molecular weight excluding hydrogens is 162 g/mol. The fraction of sp³-hybridized carbons (Fsp3) is 1.00. The molecule has 2 saturated heterocycles. The normalized spacial score (nSPS) is 28.8. The third-order valence-electron chi connectivity index (χ3n) is 3.54. The lowest BCUT2D eigenvalue weighted by atomic mass is 9.88. The SMILES string of the molecule is CC(C)N1CCC2(CC1)CNCN2. The van der Waals surface area contributed by atoms with Gasteiger partial charge in [0.2, 0.25) is 0 Å².